The number of carbonyl (C=O) groups excluding carboxylic acids is 2. The molecule has 3 N–H and O–H groups in total. The molecule has 19 heavy (non-hydrogen) atoms. The van der Waals surface area contributed by atoms with Gasteiger partial charge in [0.05, 0.1) is 6.42 Å². The molecule has 100 valence electrons. The quantitative estimate of drug-likeness (QED) is 0.639. The second-order valence-electron chi connectivity index (χ2n) is 4.22. The van der Waals surface area contributed by atoms with Crippen LogP contribution in [0.2, 0.25) is 0 Å². The lowest BCUT2D eigenvalue weighted by Crippen LogP contribution is -2.32. The van der Waals surface area contributed by atoms with E-state index in [1.165, 1.54) is 7.05 Å². The maximum absolute atomic E-state index is 11.9. The van der Waals surface area contributed by atoms with Crippen molar-refractivity contribution in [2.24, 2.45) is 5.73 Å². The third-order valence-corrected chi connectivity index (χ3v) is 3.84. The van der Waals surface area contributed by atoms with Crippen LogP contribution in [-0.4, -0.2) is 34.8 Å². The van der Waals surface area contributed by atoms with E-state index in [1.807, 2.05) is 6.07 Å². The highest BCUT2D eigenvalue weighted by Gasteiger charge is 2.36. The molecule has 2 rings (SSSR count). The Morgan fingerprint density at radius 3 is 2.74 bits per heavy atom. The van der Waals surface area contributed by atoms with E-state index in [0.29, 0.717) is 11.3 Å². The molecule has 5 nitrogen and oxygen atoms in total. The Balaban J connectivity index is 2.30. The monoisotopic (exact) mass is 341 g/mol. The lowest BCUT2D eigenvalue weighted by Gasteiger charge is -2.16. The van der Waals surface area contributed by atoms with Gasteiger partial charge in [-0.3, -0.25) is 14.5 Å². The van der Waals surface area contributed by atoms with Crippen LogP contribution >= 0.6 is 28.1 Å². The highest BCUT2D eigenvalue weighted by molar-refractivity contribution is 9.10. The maximum atomic E-state index is 11.9. The minimum Gasteiger partial charge on any atom is -0.389 e. The fraction of sp³-hybridized carbons (Fsp3) is 0.250. The number of nitrogens with one attached hydrogen (secondary N) is 1. The summed E-state index contributed by atoms with van der Waals surface area (Å²) in [6.07, 6.45) is 0.138. The van der Waals surface area contributed by atoms with Gasteiger partial charge in [-0.1, -0.05) is 18.3 Å². The number of likely N-dealkylation sites (N-methyl/N-ethyl adjacent to an activating group) is 1. The van der Waals surface area contributed by atoms with E-state index in [4.69, 9.17) is 18.0 Å². The van der Waals surface area contributed by atoms with E-state index in [-0.39, 0.29) is 23.2 Å². The van der Waals surface area contributed by atoms with E-state index in [9.17, 15) is 9.59 Å². The zero-order chi connectivity index (χ0) is 14.2. The number of imide groups is 1. The standard InChI is InChI=1S/C12H12BrN3O2S/c1-16-9(17)5-8(12(16)18)15-7-4-2-3-6(13)10(7)11(14)19/h2-4,8,15H,5H2,1H3,(H2,14,19). The highest BCUT2D eigenvalue weighted by atomic mass is 79.9. The number of likely N-dealkylation sites (tertiary alicyclic amines) is 1. The first-order valence-corrected chi connectivity index (χ1v) is 6.77. The molecule has 7 heteroatoms. The first kappa shape index (κ1) is 14.0. The van der Waals surface area contributed by atoms with E-state index < -0.39 is 6.04 Å². The largest absolute Gasteiger partial charge is 0.389 e. The molecule has 1 saturated heterocycles. The van der Waals surface area contributed by atoms with E-state index >= 15 is 0 Å². The summed E-state index contributed by atoms with van der Waals surface area (Å²) in [4.78, 5) is 24.7. The van der Waals surface area contributed by atoms with Crippen LogP contribution < -0.4 is 11.1 Å². The van der Waals surface area contributed by atoms with Crippen molar-refractivity contribution in [1.29, 1.82) is 0 Å². The molecule has 1 unspecified atom stereocenters. The van der Waals surface area contributed by atoms with Crippen LogP contribution in [0.1, 0.15) is 12.0 Å². The topological polar surface area (TPSA) is 75.4 Å². The van der Waals surface area contributed by atoms with Gasteiger partial charge in [-0.2, -0.15) is 0 Å². The molecule has 0 radical (unpaired) electrons. The number of anilines is 1. The average molecular weight is 342 g/mol. The summed E-state index contributed by atoms with van der Waals surface area (Å²) in [5.41, 5.74) is 6.95. The molecule has 1 aromatic carbocycles. The van der Waals surface area contributed by atoms with Crippen LogP contribution in [-0.2, 0) is 9.59 Å². The number of thiocarbonyl (C=S) groups is 1. The number of halogens is 1. The van der Waals surface area contributed by atoms with Gasteiger partial charge in [0.25, 0.3) is 5.91 Å². The van der Waals surface area contributed by atoms with Gasteiger partial charge in [0.1, 0.15) is 11.0 Å². The van der Waals surface area contributed by atoms with Crippen molar-refractivity contribution in [3.63, 3.8) is 0 Å². The molecule has 0 aromatic heterocycles. The number of hydrogen-bond acceptors (Lipinski definition) is 4. The molecule has 1 atom stereocenters. The second-order valence-corrected chi connectivity index (χ2v) is 5.51. The van der Waals surface area contributed by atoms with Crippen LogP contribution in [0.3, 0.4) is 0 Å². The molecule has 1 aromatic rings. The summed E-state index contributed by atoms with van der Waals surface area (Å²) in [6.45, 7) is 0. The Morgan fingerprint density at radius 2 is 2.21 bits per heavy atom. The Bertz CT molecular complexity index is 576. The van der Waals surface area contributed by atoms with Gasteiger partial charge in [0, 0.05) is 22.8 Å². The fourth-order valence-corrected chi connectivity index (χ4v) is 2.88. The van der Waals surface area contributed by atoms with Crippen molar-refractivity contribution >= 4 is 50.6 Å². The fourth-order valence-electron chi connectivity index (χ4n) is 1.95. The number of amides is 2. The summed E-state index contributed by atoms with van der Waals surface area (Å²) < 4.78 is 0.745. The zero-order valence-electron chi connectivity index (χ0n) is 10.1. The number of nitrogens with zero attached hydrogens (tertiary/aromatic N) is 1. The van der Waals surface area contributed by atoms with E-state index in [1.54, 1.807) is 12.1 Å². The van der Waals surface area contributed by atoms with Gasteiger partial charge in [0.2, 0.25) is 5.91 Å². The maximum Gasteiger partial charge on any atom is 0.251 e. The number of benzene rings is 1. The van der Waals surface area contributed by atoms with Crippen molar-refractivity contribution in [2.75, 3.05) is 12.4 Å². The Morgan fingerprint density at radius 1 is 1.53 bits per heavy atom. The van der Waals surface area contributed by atoms with E-state index in [0.717, 1.165) is 9.37 Å². The summed E-state index contributed by atoms with van der Waals surface area (Å²) in [5, 5.41) is 3.03. The predicted octanol–water partition coefficient (Wildman–Crippen LogP) is 1.25. The predicted molar refractivity (Wildman–Crippen MR) is 79.8 cm³/mol. The van der Waals surface area contributed by atoms with Gasteiger partial charge in [0.15, 0.2) is 0 Å². The number of rotatable bonds is 3. The van der Waals surface area contributed by atoms with Gasteiger partial charge in [-0.15, -0.1) is 0 Å². The molecule has 1 aliphatic rings. The Kier molecular flexibility index (Phi) is 3.86. The highest BCUT2D eigenvalue weighted by Crippen LogP contribution is 2.27. The summed E-state index contributed by atoms with van der Waals surface area (Å²) in [7, 11) is 1.47. The minimum absolute atomic E-state index is 0.138. The third kappa shape index (κ3) is 2.62. The number of hydrogen-bond donors (Lipinski definition) is 2. The number of nitrogens with two attached hydrogens (primary N) is 1. The van der Waals surface area contributed by atoms with Crippen LogP contribution in [0.4, 0.5) is 5.69 Å². The second kappa shape index (κ2) is 5.26. The van der Waals surface area contributed by atoms with Gasteiger partial charge >= 0.3 is 0 Å². The third-order valence-electron chi connectivity index (χ3n) is 2.97. The lowest BCUT2D eigenvalue weighted by atomic mass is 10.1. The molecule has 1 fully saturated rings. The Labute approximate surface area is 124 Å². The van der Waals surface area contributed by atoms with Crippen LogP contribution in [0.5, 0.6) is 0 Å². The van der Waals surface area contributed by atoms with E-state index in [2.05, 4.69) is 21.2 Å². The van der Waals surface area contributed by atoms with Crippen molar-refractivity contribution in [1.82, 2.24) is 4.90 Å². The van der Waals surface area contributed by atoms with Crippen molar-refractivity contribution < 1.29 is 9.59 Å². The molecular weight excluding hydrogens is 330 g/mol. The van der Waals surface area contributed by atoms with Crippen LogP contribution in [0.15, 0.2) is 22.7 Å². The van der Waals surface area contributed by atoms with Gasteiger partial charge in [-0.25, -0.2) is 0 Å². The van der Waals surface area contributed by atoms with Gasteiger partial charge in [-0.05, 0) is 28.1 Å². The van der Waals surface area contributed by atoms with Crippen LogP contribution in [0, 0.1) is 0 Å². The molecule has 2 amide bonds. The summed E-state index contributed by atoms with van der Waals surface area (Å²) in [6, 6.07) is 4.82. The molecule has 1 heterocycles. The first-order valence-electron chi connectivity index (χ1n) is 5.57. The Hall–Kier alpha value is -1.47. The van der Waals surface area contributed by atoms with Crippen LogP contribution in [0.25, 0.3) is 0 Å². The van der Waals surface area contributed by atoms with Crippen molar-refractivity contribution in [2.45, 2.75) is 12.5 Å². The SMILES string of the molecule is CN1C(=O)CC(Nc2cccc(Br)c2C(N)=S)C1=O. The minimum atomic E-state index is -0.570. The molecule has 0 spiro atoms. The summed E-state index contributed by atoms with van der Waals surface area (Å²) >= 11 is 8.37. The first-order chi connectivity index (χ1) is 8.91. The normalized spacial score (nSPS) is 18.8. The van der Waals surface area contributed by atoms with Gasteiger partial charge < -0.3 is 11.1 Å². The molecule has 1 aliphatic heterocycles. The molecule has 0 saturated carbocycles. The van der Waals surface area contributed by atoms with Crippen molar-refractivity contribution in [3.8, 4) is 0 Å². The lowest BCUT2D eigenvalue weighted by molar-refractivity contribution is -0.136. The molecule has 0 bridgehead atoms. The molecular formula is C12H12BrN3O2S. The molecule has 0 aliphatic carbocycles. The number of carbonyl (C=O) groups is 2. The smallest absolute Gasteiger partial charge is 0.251 e. The zero-order valence-corrected chi connectivity index (χ0v) is 12.5. The average Bonchev–Trinajstić information content (AvgIpc) is 2.57. The van der Waals surface area contributed by atoms with Crippen molar-refractivity contribution in [3.05, 3.63) is 28.2 Å². The summed E-state index contributed by atoms with van der Waals surface area (Å²) in [5.74, 6) is -0.451.